The SMILES string of the molecule is COc1cc([C@H]2c3sc(=O)[nH]c3SC3C4CC(C5C(=O)N(CC(=O)O)C(=O)C45)C32)ccc1OCc1ccccc1C. The fraction of sp³-hybridized carbons (Fsp3) is 0.400. The average Bonchev–Trinajstić information content (AvgIpc) is 3.68. The van der Waals surface area contributed by atoms with Gasteiger partial charge in [-0.05, 0) is 59.9 Å². The van der Waals surface area contributed by atoms with E-state index in [9.17, 15) is 24.3 Å². The minimum absolute atomic E-state index is 0.00942. The van der Waals surface area contributed by atoms with Gasteiger partial charge in [-0.15, -0.1) is 11.8 Å². The predicted molar refractivity (Wildman–Crippen MR) is 151 cm³/mol. The number of aromatic nitrogens is 1. The summed E-state index contributed by atoms with van der Waals surface area (Å²) in [5.41, 5.74) is 3.18. The first-order valence-corrected chi connectivity index (χ1v) is 15.3. The second-order valence-corrected chi connectivity index (χ2v) is 13.4. The van der Waals surface area contributed by atoms with Crippen molar-refractivity contribution in [3.8, 4) is 11.5 Å². The number of methoxy groups -OCH3 is 1. The first kappa shape index (κ1) is 26.3. The Morgan fingerprint density at radius 1 is 1.07 bits per heavy atom. The number of hydrogen-bond acceptors (Lipinski definition) is 8. The Hall–Kier alpha value is -3.57. The van der Waals surface area contributed by atoms with E-state index in [0.717, 1.165) is 37.9 Å². The van der Waals surface area contributed by atoms with Crippen LogP contribution in [-0.4, -0.2) is 51.7 Å². The minimum atomic E-state index is -1.19. The van der Waals surface area contributed by atoms with Gasteiger partial charge in [0.05, 0.1) is 24.0 Å². The number of thiazole rings is 1. The molecule has 212 valence electrons. The van der Waals surface area contributed by atoms with Gasteiger partial charge in [0.2, 0.25) is 11.8 Å². The molecule has 1 aromatic heterocycles. The van der Waals surface area contributed by atoms with Crippen LogP contribution in [0.4, 0.5) is 0 Å². The maximum atomic E-state index is 13.4. The van der Waals surface area contributed by atoms with Crippen molar-refractivity contribution in [3.63, 3.8) is 0 Å². The lowest BCUT2D eigenvalue weighted by molar-refractivity contribution is -0.149. The largest absolute Gasteiger partial charge is 0.493 e. The monoisotopic (exact) mass is 592 g/mol. The van der Waals surface area contributed by atoms with Crippen LogP contribution in [-0.2, 0) is 21.0 Å². The van der Waals surface area contributed by atoms with Crippen LogP contribution in [0.1, 0.15) is 33.9 Å². The van der Waals surface area contributed by atoms with E-state index in [1.807, 2.05) is 49.4 Å². The van der Waals surface area contributed by atoms with Gasteiger partial charge in [-0.3, -0.25) is 24.1 Å². The smallest absolute Gasteiger partial charge is 0.323 e. The number of carbonyl (C=O) groups excluding carboxylic acids is 2. The molecule has 3 aromatic rings. The highest BCUT2D eigenvalue weighted by molar-refractivity contribution is 8.00. The van der Waals surface area contributed by atoms with Crippen LogP contribution in [0.2, 0.25) is 0 Å². The van der Waals surface area contributed by atoms with Gasteiger partial charge in [-0.25, -0.2) is 0 Å². The molecule has 1 saturated heterocycles. The summed E-state index contributed by atoms with van der Waals surface area (Å²) in [4.78, 5) is 55.3. The second-order valence-electron chi connectivity index (χ2n) is 11.2. The summed E-state index contributed by atoms with van der Waals surface area (Å²) in [6.07, 6.45) is 0.737. The molecule has 41 heavy (non-hydrogen) atoms. The number of nitrogens with one attached hydrogen (secondary N) is 1. The normalized spacial score (nSPS) is 29.3. The van der Waals surface area contributed by atoms with Gasteiger partial charge in [0, 0.05) is 16.0 Å². The van der Waals surface area contributed by atoms with Crippen molar-refractivity contribution in [3.05, 3.63) is 73.7 Å². The molecule has 2 bridgehead atoms. The number of H-pyrrole nitrogens is 1. The van der Waals surface area contributed by atoms with E-state index in [2.05, 4.69) is 4.98 Å². The van der Waals surface area contributed by atoms with Crippen molar-refractivity contribution >= 4 is 40.9 Å². The molecule has 7 atom stereocenters. The lowest BCUT2D eigenvalue weighted by Gasteiger charge is -2.43. The van der Waals surface area contributed by atoms with E-state index in [-0.39, 0.29) is 45.6 Å². The van der Waals surface area contributed by atoms with Crippen molar-refractivity contribution in [2.45, 2.75) is 36.1 Å². The van der Waals surface area contributed by atoms with Crippen molar-refractivity contribution in [1.82, 2.24) is 9.88 Å². The summed E-state index contributed by atoms with van der Waals surface area (Å²) in [7, 11) is 1.60. The van der Waals surface area contributed by atoms with Gasteiger partial charge >= 0.3 is 10.8 Å². The van der Waals surface area contributed by atoms with Gasteiger partial charge in [0.25, 0.3) is 0 Å². The molecule has 2 aliphatic heterocycles. The number of carbonyl (C=O) groups is 3. The number of thioether (sulfide) groups is 1. The zero-order valence-electron chi connectivity index (χ0n) is 22.4. The van der Waals surface area contributed by atoms with Crippen LogP contribution >= 0.6 is 23.1 Å². The number of aromatic amines is 1. The molecular formula is C30H28N2O7S2. The number of ether oxygens (including phenoxy) is 2. The summed E-state index contributed by atoms with van der Waals surface area (Å²) >= 11 is 2.79. The number of rotatable bonds is 7. The highest BCUT2D eigenvalue weighted by atomic mass is 32.2. The van der Waals surface area contributed by atoms with E-state index in [1.165, 1.54) is 11.3 Å². The zero-order chi connectivity index (χ0) is 28.6. The third-order valence-electron chi connectivity index (χ3n) is 9.30. The Morgan fingerprint density at radius 3 is 2.56 bits per heavy atom. The first-order valence-electron chi connectivity index (χ1n) is 13.6. The predicted octanol–water partition coefficient (Wildman–Crippen LogP) is 3.89. The lowest BCUT2D eigenvalue weighted by Crippen LogP contribution is -2.42. The van der Waals surface area contributed by atoms with Crippen molar-refractivity contribution in [2.24, 2.45) is 29.6 Å². The molecule has 2 N–H and O–H groups in total. The summed E-state index contributed by atoms with van der Waals surface area (Å²) in [5, 5.41) is 10.2. The highest BCUT2D eigenvalue weighted by Crippen LogP contribution is 2.68. The summed E-state index contributed by atoms with van der Waals surface area (Å²) in [6.45, 7) is 1.84. The van der Waals surface area contributed by atoms with E-state index >= 15 is 0 Å². The molecule has 3 heterocycles. The molecule has 2 aromatic carbocycles. The quantitative estimate of drug-likeness (QED) is 0.396. The Labute approximate surface area is 243 Å². The van der Waals surface area contributed by atoms with Crippen LogP contribution in [0.25, 0.3) is 0 Å². The number of imide groups is 1. The number of carboxylic acids is 1. The number of aryl methyl sites for hydroxylation is 1. The minimum Gasteiger partial charge on any atom is -0.493 e. The first-order chi connectivity index (χ1) is 19.8. The Morgan fingerprint density at radius 2 is 1.83 bits per heavy atom. The van der Waals surface area contributed by atoms with Crippen LogP contribution < -0.4 is 14.3 Å². The van der Waals surface area contributed by atoms with E-state index in [0.29, 0.717) is 18.1 Å². The fourth-order valence-electron chi connectivity index (χ4n) is 7.67. The molecule has 7 rings (SSSR count). The summed E-state index contributed by atoms with van der Waals surface area (Å²) in [5.74, 6) is -2.08. The molecule has 2 amide bonds. The number of fused-ring (bicyclic) bond motifs is 9. The van der Waals surface area contributed by atoms with Crippen molar-refractivity contribution in [2.75, 3.05) is 13.7 Å². The average molecular weight is 593 g/mol. The van der Waals surface area contributed by atoms with Crippen molar-refractivity contribution in [1.29, 1.82) is 0 Å². The Kier molecular flexibility index (Phi) is 6.27. The van der Waals surface area contributed by atoms with Crippen LogP contribution in [0.5, 0.6) is 11.5 Å². The Bertz CT molecular complexity index is 1650. The van der Waals surface area contributed by atoms with E-state index in [1.54, 1.807) is 18.9 Å². The molecule has 2 saturated carbocycles. The standard InChI is InChI=1S/C30H28N2O7S2/c1-13-5-3-4-6-15(13)12-39-18-8-7-14(9-19(18)38-2)21-22-16-10-17(25(22)40-27-26(21)41-30(37)31-27)24-23(16)28(35)32(29(24)36)11-20(33)34/h3-9,16-17,21-25H,10-12H2,1-2H3,(H,31,37)(H,33,34)/t16?,17?,21-,22?,23?,24?,25?/m1/s1. The third-order valence-corrected chi connectivity index (χ3v) is 11.9. The maximum absolute atomic E-state index is 13.4. The van der Waals surface area contributed by atoms with E-state index < -0.39 is 24.3 Å². The molecule has 4 aliphatic rings. The summed E-state index contributed by atoms with van der Waals surface area (Å²) in [6, 6.07) is 13.9. The van der Waals surface area contributed by atoms with Crippen molar-refractivity contribution < 1.29 is 29.0 Å². The topological polar surface area (TPSA) is 126 Å². The maximum Gasteiger partial charge on any atom is 0.323 e. The summed E-state index contributed by atoms with van der Waals surface area (Å²) < 4.78 is 11.9. The fourth-order valence-corrected chi connectivity index (χ4v) is 10.6. The molecule has 6 unspecified atom stereocenters. The number of likely N-dealkylation sites (tertiary alicyclic amines) is 1. The van der Waals surface area contributed by atoms with Gasteiger partial charge < -0.3 is 19.6 Å². The van der Waals surface area contributed by atoms with Crippen LogP contribution in [0.3, 0.4) is 0 Å². The molecule has 2 aliphatic carbocycles. The Balaban J connectivity index is 1.25. The molecule has 0 spiro atoms. The number of amides is 2. The third kappa shape index (κ3) is 4.04. The number of aliphatic carboxylic acids is 1. The van der Waals surface area contributed by atoms with Gasteiger partial charge in [-0.1, -0.05) is 41.7 Å². The molecule has 9 nitrogen and oxygen atoms in total. The molecule has 11 heteroatoms. The molecule has 3 fully saturated rings. The second kappa shape index (κ2) is 9.77. The van der Waals surface area contributed by atoms with E-state index in [4.69, 9.17) is 9.47 Å². The van der Waals surface area contributed by atoms with Gasteiger partial charge in [0.15, 0.2) is 11.5 Å². The highest BCUT2D eigenvalue weighted by Gasteiger charge is 2.69. The molecular weight excluding hydrogens is 564 g/mol. The number of nitrogens with zero attached hydrogens (tertiary/aromatic N) is 1. The lowest BCUT2D eigenvalue weighted by atomic mass is 9.68. The zero-order valence-corrected chi connectivity index (χ0v) is 24.0. The number of hydrogen-bond donors (Lipinski definition) is 2. The van der Waals surface area contributed by atoms with Gasteiger partial charge in [0.1, 0.15) is 13.2 Å². The number of benzene rings is 2. The number of carboxylic acid groups (broad SMARTS) is 1. The van der Waals surface area contributed by atoms with Crippen LogP contribution in [0, 0.1) is 36.5 Å². The van der Waals surface area contributed by atoms with Crippen LogP contribution in [0.15, 0.2) is 52.3 Å². The molecule has 0 radical (unpaired) electrons. The van der Waals surface area contributed by atoms with Gasteiger partial charge in [-0.2, -0.15) is 0 Å².